The van der Waals surface area contributed by atoms with E-state index in [4.69, 9.17) is 4.74 Å². The molecule has 0 aliphatic heterocycles. The first kappa shape index (κ1) is 19.6. The lowest BCUT2D eigenvalue weighted by atomic mass is 10.1. The van der Waals surface area contributed by atoms with Gasteiger partial charge in [-0.1, -0.05) is 6.07 Å². The summed E-state index contributed by atoms with van der Waals surface area (Å²) in [5.74, 6) is -0.372. The van der Waals surface area contributed by atoms with Crippen LogP contribution >= 0.6 is 11.3 Å². The van der Waals surface area contributed by atoms with E-state index < -0.39 is 5.97 Å². The van der Waals surface area contributed by atoms with Crippen molar-refractivity contribution in [1.82, 2.24) is 20.0 Å². The van der Waals surface area contributed by atoms with Crippen LogP contribution in [0.15, 0.2) is 47.8 Å². The number of aromatic nitrogens is 4. The highest BCUT2D eigenvalue weighted by molar-refractivity contribution is 7.12. The number of ether oxygens (including phenoxy) is 1. The lowest BCUT2D eigenvalue weighted by molar-refractivity contribution is 0.0728. The van der Waals surface area contributed by atoms with E-state index in [9.17, 15) is 9.59 Å². The van der Waals surface area contributed by atoms with Gasteiger partial charge in [-0.05, 0) is 55.6 Å². The minimum Gasteiger partial charge on any atom is -0.422 e. The number of amides is 1. The standard InChI is InChI=1S/C21H19N5O3S/c1-12-19(13(2)26(3)25-12)16-11-17(24-23-16)21(28)29-15-8-6-14(7-9-15)22-20(27)18-5-4-10-30-18/h4-11H,1-3H3,(H,22,27)(H,23,24). The van der Waals surface area contributed by atoms with Crippen LogP contribution in [0.1, 0.15) is 31.5 Å². The topological polar surface area (TPSA) is 102 Å². The predicted molar refractivity (Wildman–Crippen MR) is 114 cm³/mol. The first-order chi connectivity index (χ1) is 14.4. The van der Waals surface area contributed by atoms with Crippen LogP contribution in [-0.2, 0) is 7.05 Å². The van der Waals surface area contributed by atoms with E-state index in [1.807, 2.05) is 32.3 Å². The Morgan fingerprint density at radius 2 is 1.93 bits per heavy atom. The van der Waals surface area contributed by atoms with Crippen LogP contribution in [0.3, 0.4) is 0 Å². The summed E-state index contributed by atoms with van der Waals surface area (Å²) in [6, 6.07) is 11.8. The molecule has 0 fully saturated rings. The maximum atomic E-state index is 12.5. The fourth-order valence-corrected chi connectivity index (χ4v) is 3.69. The lowest BCUT2D eigenvalue weighted by Gasteiger charge is -2.06. The largest absolute Gasteiger partial charge is 0.422 e. The maximum Gasteiger partial charge on any atom is 0.361 e. The van der Waals surface area contributed by atoms with Crippen LogP contribution in [0.5, 0.6) is 5.75 Å². The molecule has 4 aromatic rings. The zero-order chi connectivity index (χ0) is 21.3. The van der Waals surface area contributed by atoms with E-state index in [1.165, 1.54) is 11.3 Å². The summed E-state index contributed by atoms with van der Waals surface area (Å²) in [7, 11) is 1.86. The van der Waals surface area contributed by atoms with Gasteiger partial charge in [-0.2, -0.15) is 10.2 Å². The van der Waals surface area contributed by atoms with E-state index >= 15 is 0 Å². The van der Waals surface area contributed by atoms with Gasteiger partial charge in [0.25, 0.3) is 5.91 Å². The molecule has 30 heavy (non-hydrogen) atoms. The van der Waals surface area contributed by atoms with Gasteiger partial charge in [-0.25, -0.2) is 4.79 Å². The van der Waals surface area contributed by atoms with E-state index in [0.29, 0.717) is 22.0 Å². The Hall–Kier alpha value is -3.72. The smallest absolute Gasteiger partial charge is 0.361 e. The minimum atomic E-state index is -0.552. The van der Waals surface area contributed by atoms with Crippen molar-refractivity contribution in [3.63, 3.8) is 0 Å². The molecule has 0 saturated heterocycles. The van der Waals surface area contributed by atoms with Gasteiger partial charge >= 0.3 is 5.97 Å². The van der Waals surface area contributed by atoms with Crippen molar-refractivity contribution >= 4 is 28.9 Å². The normalized spacial score (nSPS) is 10.8. The van der Waals surface area contributed by atoms with Crippen LogP contribution in [0.4, 0.5) is 5.69 Å². The second-order valence-corrected chi connectivity index (χ2v) is 7.63. The Bertz CT molecular complexity index is 1210. The number of esters is 1. The van der Waals surface area contributed by atoms with Crippen LogP contribution in [0.25, 0.3) is 11.3 Å². The Morgan fingerprint density at radius 1 is 1.17 bits per heavy atom. The van der Waals surface area contributed by atoms with E-state index in [1.54, 1.807) is 41.1 Å². The highest BCUT2D eigenvalue weighted by Gasteiger charge is 2.18. The third-order valence-electron chi connectivity index (χ3n) is 4.63. The number of anilines is 1. The summed E-state index contributed by atoms with van der Waals surface area (Å²) in [5, 5.41) is 16.0. The average Bonchev–Trinajstić information content (AvgIpc) is 3.45. The number of nitrogens with one attached hydrogen (secondary N) is 2. The molecule has 0 unspecified atom stereocenters. The molecule has 8 nitrogen and oxygen atoms in total. The molecule has 3 aromatic heterocycles. The van der Waals surface area contributed by atoms with Gasteiger partial charge in [-0.3, -0.25) is 14.6 Å². The Morgan fingerprint density at radius 3 is 2.57 bits per heavy atom. The van der Waals surface area contributed by atoms with Crippen molar-refractivity contribution in [3.05, 3.63) is 69.8 Å². The van der Waals surface area contributed by atoms with Crippen molar-refractivity contribution in [2.75, 3.05) is 5.32 Å². The zero-order valence-electron chi connectivity index (χ0n) is 16.6. The number of H-pyrrole nitrogens is 1. The van der Waals surface area contributed by atoms with Gasteiger partial charge in [0.1, 0.15) is 11.4 Å². The molecule has 1 amide bonds. The summed E-state index contributed by atoms with van der Waals surface area (Å²) in [6.07, 6.45) is 0. The second-order valence-electron chi connectivity index (χ2n) is 6.68. The average molecular weight is 421 g/mol. The van der Waals surface area contributed by atoms with Gasteiger partial charge in [0.2, 0.25) is 0 Å². The van der Waals surface area contributed by atoms with Crippen LogP contribution in [0, 0.1) is 13.8 Å². The van der Waals surface area contributed by atoms with Crippen molar-refractivity contribution in [1.29, 1.82) is 0 Å². The molecule has 4 rings (SSSR count). The second kappa shape index (κ2) is 7.96. The molecule has 0 saturated carbocycles. The Kier molecular flexibility index (Phi) is 5.20. The molecule has 3 heterocycles. The molecule has 0 spiro atoms. The van der Waals surface area contributed by atoms with E-state index in [0.717, 1.165) is 17.0 Å². The van der Waals surface area contributed by atoms with Crippen LogP contribution in [0.2, 0.25) is 0 Å². The first-order valence-electron chi connectivity index (χ1n) is 9.15. The number of hydrogen-bond donors (Lipinski definition) is 2. The quantitative estimate of drug-likeness (QED) is 0.375. The van der Waals surface area contributed by atoms with Crippen LogP contribution in [-0.4, -0.2) is 31.9 Å². The van der Waals surface area contributed by atoms with Crippen molar-refractivity contribution in [2.45, 2.75) is 13.8 Å². The number of nitrogens with zero attached hydrogens (tertiary/aromatic N) is 3. The molecule has 2 N–H and O–H groups in total. The van der Waals surface area contributed by atoms with Gasteiger partial charge in [-0.15, -0.1) is 11.3 Å². The number of aryl methyl sites for hydroxylation is 2. The number of carbonyl (C=O) groups excluding carboxylic acids is 2. The molecular formula is C21H19N5O3S. The first-order valence-corrected chi connectivity index (χ1v) is 10.0. The Labute approximate surface area is 176 Å². The number of aromatic amines is 1. The number of hydrogen-bond acceptors (Lipinski definition) is 6. The van der Waals surface area contributed by atoms with Gasteiger partial charge < -0.3 is 10.1 Å². The molecular weight excluding hydrogens is 402 g/mol. The SMILES string of the molecule is Cc1nn(C)c(C)c1-c1cc(C(=O)Oc2ccc(NC(=O)c3cccs3)cc2)[nH]n1. The third kappa shape index (κ3) is 3.87. The van der Waals surface area contributed by atoms with Gasteiger partial charge in [0, 0.05) is 24.0 Å². The fraction of sp³-hybridized carbons (Fsp3) is 0.143. The highest BCUT2D eigenvalue weighted by Crippen LogP contribution is 2.26. The fourth-order valence-electron chi connectivity index (χ4n) is 3.07. The molecule has 152 valence electrons. The van der Waals surface area contributed by atoms with Crippen molar-refractivity contribution in [2.24, 2.45) is 7.05 Å². The molecule has 0 radical (unpaired) electrons. The Balaban J connectivity index is 1.43. The molecule has 9 heteroatoms. The highest BCUT2D eigenvalue weighted by atomic mass is 32.1. The van der Waals surface area contributed by atoms with E-state index in [-0.39, 0.29) is 11.6 Å². The van der Waals surface area contributed by atoms with Crippen molar-refractivity contribution in [3.8, 4) is 17.0 Å². The predicted octanol–water partition coefficient (Wildman–Crippen LogP) is 3.96. The summed E-state index contributed by atoms with van der Waals surface area (Å²) in [4.78, 5) is 25.2. The molecule has 0 aliphatic carbocycles. The monoisotopic (exact) mass is 421 g/mol. The van der Waals surface area contributed by atoms with E-state index in [2.05, 4.69) is 20.6 Å². The molecule has 1 aromatic carbocycles. The number of thiophene rings is 1. The lowest BCUT2D eigenvalue weighted by Crippen LogP contribution is -2.11. The summed E-state index contributed by atoms with van der Waals surface area (Å²) >= 11 is 1.37. The summed E-state index contributed by atoms with van der Waals surface area (Å²) < 4.78 is 7.18. The summed E-state index contributed by atoms with van der Waals surface area (Å²) in [5.41, 5.74) is 4.17. The molecule has 0 bridgehead atoms. The third-order valence-corrected chi connectivity index (χ3v) is 5.50. The zero-order valence-corrected chi connectivity index (χ0v) is 17.4. The minimum absolute atomic E-state index is 0.180. The molecule has 0 atom stereocenters. The van der Waals surface area contributed by atoms with Crippen molar-refractivity contribution < 1.29 is 14.3 Å². The molecule has 0 aliphatic rings. The number of rotatable bonds is 5. The summed E-state index contributed by atoms with van der Waals surface area (Å²) in [6.45, 7) is 3.84. The van der Waals surface area contributed by atoms with Crippen LogP contribution < -0.4 is 10.1 Å². The maximum absolute atomic E-state index is 12.5. The van der Waals surface area contributed by atoms with Gasteiger partial charge in [0.05, 0.1) is 16.3 Å². The number of carbonyl (C=O) groups is 2. The van der Waals surface area contributed by atoms with Gasteiger partial charge in [0.15, 0.2) is 0 Å². The number of benzene rings is 1.